The van der Waals surface area contributed by atoms with E-state index in [1.807, 2.05) is 0 Å². The first-order chi connectivity index (χ1) is 6.06. The van der Waals surface area contributed by atoms with Crippen molar-refractivity contribution in [3.63, 3.8) is 0 Å². The molecular weight excluding hydrogens is 241 g/mol. The van der Waals surface area contributed by atoms with Crippen molar-refractivity contribution in [3.8, 4) is 0 Å². The normalized spacial score (nSPS) is 9.77. The van der Waals surface area contributed by atoms with Gasteiger partial charge in [0.15, 0.2) is 0 Å². The zero-order chi connectivity index (χ0) is 10.0. The van der Waals surface area contributed by atoms with Crippen LogP contribution in [0.1, 0.15) is 10.4 Å². The first kappa shape index (κ1) is 9.98. The maximum atomic E-state index is 13.0. The predicted octanol–water partition coefficient (Wildman–Crippen LogP) is 2.33. The predicted molar refractivity (Wildman–Crippen MR) is 50.6 cm³/mol. The van der Waals surface area contributed by atoms with E-state index in [0.29, 0.717) is 4.47 Å². The lowest BCUT2D eigenvalue weighted by Gasteiger charge is -2.05. The van der Waals surface area contributed by atoms with Gasteiger partial charge < -0.3 is 10.4 Å². The van der Waals surface area contributed by atoms with Gasteiger partial charge in [0.1, 0.15) is 5.82 Å². The second kappa shape index (κ2) is 3.74. The van der Waals surface area contributed by atoms with Gasteiger partial charge in [-0.3, -0.25) is 0 Å². The number of carbonyl (C=O) groups is 1. The summed E-state index contributed by atoms with van der Waals surface area (Å²) in [6.45, 7) is 0. The SMILES string of the molecule is CNc1cc(Br)c(C(=O)O)cc1F. The second-order valence-corrected chi connectivity index (χ2v) is 3.22. The molecule has 0 radical (unpaired) electrons. The van der Waals surface area contributed by atoms with Crippen LogP contribution in [-0.2, 0) is 0 Å². The molecule has 1 rings (SSSR count). The first-order valence-corrected chi connectivity index (χ1v) is 4.25. The van der Waals surface area contributed by atoms with Crippen LogP contribution in [0, 0.1) is 5.82 Å². The molecule has 0 unspecified atom stereocenters. The van der Waals surface area contributed by atoms with E-state index < -0.39 is 11.8 Å². The molecule has 0 fully saturated rings. The molecule has 0 aliphatic rings. The maximum absolute atomic E-state index is 13.0. The molecule has 0 amide bonds. The molecular formula is C8H7BrFNO2. The van der Waals surface area contributed by atoms with Gasteiger partial charge in [-0.25, -0.2) is 9.18 Å². The summed E-state index contributed by atoms with van der Waals surface area (Å²) in [7, 11) is 1.56. The molecule has 0 atom stereocenters. The molecule has 0 saturated heterocycles. The van der Waals surface area contributed by atoms with Crippen molar-refractivity contribution in [3.05, 3.63) is 28.0 Å². The molecule has 0 heterocycles. The van der Waals surface area contributed by atoms with Crippen LogP contribution in [0.15, 0.2) is 16.6 Å². The number of hydrogen-bond acceptors (Lipinski definition) is 2. The minimum atomic E-state index is -1.16. The number of aromatic carboxylic acids is 1. The van der Waals surface area contributed by atoms with E-state index in [1.165, 1.54) is 6.07 Å². The highest BCUT2D eigenvalue weighted by molar-refractivity contribution is 9.10. The van der Waals surface area contributed by atoms with Gasteiger partial charge in [0.2, 0.25) is 0 Å². The topological polar surface area (TPSA) is 49.3 Å². The van der Waals surface area contributed by atoms with E-state index in [2.05, 4.69) is 21.2 Å². The molecule has 13 heavy (non-hydrogen) atoms. The van der Waals surface area contributed by atoms with Crippen molar-refractivity contribution in [2.45, 2.75) is 0 Å². The Bertz CT molecular complexity index is 354. The van der Waals surface area contributed by atoms with Crippen molar-refractivity contribution >= 4 is 27.6 Å². The Hall–Kier alpha value is -1.10. The summed E-state index contributed by atoms with van der Waals surface area (Å²) in [6.07, 6.45) is 0. The van der Waals surface area contributed by atoms with Crippen LogP contribution in [0.25, 0.3) is 0 Å². The summed E-state index contributed by atoms with van der Waals surface area (Å²) in [5.74, 6) is -1.74. The maximum Gasteiger partial charge on any atom is 0.336 e. The van der Waals surface area contributed by atoms with Crippen molar-refractivity contribution < 1.29 is 14.3 Å². The highest BCUT2D eigenvalue weighted by Gasteiger charge is 2.12. The van der Waals surface area contributed by atoms with Crippen LogP contribution in [0.5, 0.6) is 0 Å². The van der Waals surface area contributed by atoms with E-state index in [-0.39, 0.29) is 11.3 Å². The van der Waals surface area contributed by atoms with Gasteiger partial charge >= 0.3 is 5.97 Å². The van der Waals surface area contributed by atoms with Crippen molar-refractivity contribution in [2.24, 2.45) is 0 Å². The summed E-state index contributed by atoms with van der Waals surface area (Å²) in [6, 6.07) is 2.36. The molecule has 3 nitrogen and oxygen atoms in total. The molecule has 0 saturated carbocycles. The number of carboxylic acids is 1. The summed E-state index contributed by atoms with van der Waals surface area (Å²) in [4.78, 5) is 10.6. The van der Waals surface area contributed by atoms with Crippen LogP contribution in [0.2, 0.25) is 0 Å². The molecule has 5 heteroatoms. The Balaban J connectivity index is 3.28. The number of anilines is 1. The van der Waals surface area contributed by atoms with Gasteiger partial charge in [-0.2, -0.15) is 0 Å². The van der Waals surface area contributed by atoms with Gasteiger partial charge in [0.05, 0.1) is 11.3 Å². The molecule has 70 valence electrons. The number of nitrogens with one attached hydrogen (secondary N) is 1. The lowest BCUT2D eigenvalue weighted by Crippen LogP contribution is -2.01. The van der Waals surface area contributed by atoms with Crippen molar-refractivity contribution in [1.82, 2.24) is 0 Å². The Morgan fingerprint density at radius 3 is 2.69 bits per heavy atom. The van der Waals surface area contributed by atoms with Crippen molar-refractivity contribution in [1.29, 1.82) is 0 Å². The fourth-order valence-electron chi connectivity index (χ4n) is 0.902. The Morgan fingerprint density at radius 1 is 1.62 bits per heavy atom. The second-order valence-electron chi connectivity index (χ2n) is 2.37. The lowest BCUT2D eigenvalue weighted by atomic mass is 10.2. The zero-order valence-electron chi connectivity index (χ0n) is 6.77. The summed E-state index contributed by atoms with van der Waals surface area (Å²) >= 11 is 3.04. The molecule has 0 aliphatic carbocycles. The lowest BCUT2D eigenvalue weighted by molar-refractivity contribution is 0.0695. The third-order valence-corrected chi connectivity index (χ3v) is 2.21. The van der Waals surface area contributed by atoms with Crippen LogP contribution in [-0.4, -0.2) is 18.1 Å². The van der Waals surface area contributed by atoms with Crippen LogP contribution in [0.4, 0.5) is 10.1 Å². The number of benzene rings is 1. The standard InChI is InChI=1S/C8H7BrFNO2/c1-11-7-3-5(9)4(8(12)13)2-6(7)10/h2-3,11H,1H3,(H,12,13). The summed E-state index contributed by atoms with van der Waals surface area (Å²) < 4.78 is 13.4. The molecule has 0 spiro atoms. The van der Waals surface area contributed by atoms with Crippen LogP contribution >= 0.6 is 15.9 Å². The number of hydrogen-bond donors (Lipinski definition) is 2. The molecule has 2 N–H and O–H groups in total. The Morgan fingerprint density at radius 2 is 2.23 bits per heavy atom. The minimum absolute atomic E-state index is 0.0866. The highest BCUT2D eigenvalue weighted by atomic mass is 79.9. The number of carboxylic acid groups (broad SMARTS) is 1. The summed E-state index contributed by atoms with van der Waals surface area (Å²) in [5, 5.41) is 11.2. The van der Waals surface area contributed by atoms with Gasteiger partial charge in [0.25, 0.3) is 0 Å². The molecule has 0 bridgehead atoms. The van der Waals surface area contributed by atoms with Crippen LogP contribution in [0.3, 0.4) is 0 Å². The Kier molecular flexibility index (Phi) is 2.87. The smallest absolute Gasteiger partial charge is 0.336 e. The summed E-state index contributed by atoms with van der Waals surface area (Å²) in [5.41, 5.74) is 0.174. The largest absolute Gasteiger partial charge is 0.478 e. The highest BCUT2D eigenvalue weighted by Crippen LogP contribution is 2.24. The molecule has 1 aromatic rings. The van der Waals surface area contributed by atoms with Gasteiger partial charge in [0, 0.05) is 11.5 Å². The quantitative estimate of drug-likeness (QED) is 0.844. The molecule has 0 aliphatic heterocycles. The van der Waals surface area contributed by atoms with Gasteiger partial charge in [-0.05, 0) is 28.1 Å². The third kappa shape index (κ3) is 1.98. The zero-order valence-corrected chi connectivity index (χ0v) is 8.35. The van der Waals surface area contributed by atoms with E-state index in [9.17, 15) is 9.18 Å². The van der Waals surface area contributed by atoms with Gasteiger partial charge in [-0.1, -0.05) is 0 Å². The van der Waals surface area contributed by atoms with Gasteiger partial charge in [-0.15, -0.1) is 0 Å². The van der Waals surface area contributed by atoms with Crippen molar-refractivity contribution in [2.75, 3.05) is 12.4 Å². The Labute approximate surface area is 82.7 Å². The average molecular weight is 248 g/mol. The average Bonchev–Trinajstić information content (AvgIpc) is 2.07. The fourth-order valence-corrected chi connectivity index (χ4v) is 1.42. The first-order valence-electron chi connectivity index (χ1n) is 3.46. The van der Waals surface area contributed by atoms with Crippen LogP contribution < -0.4 is 5.32 Å². The number of rotatable bonds is 2. The third-order valence-electron chi connectivity index (χ3n) is 1.56. The number of halogens is 2. The van der Waals surface area contributed by atoms with E-state index in [4.69, 9.17) is 5.11 Å². The molecule has 0 aromatic heterocycles. The van der Waals surface area contributed by atoms with E-state index in [1.54, 1.807) is 7.05 Å². The minimum Gasteiger partial charge on any atom is -0.478 e. The molecule has 1 aromatic carbocycles. The monoisotopic (exact) mass is 247 g/mol. The fraction of sp³-hybridized carbons (Fsp3) is 0.125. The van der Waals surface area contributed by atoms with E-state index >= 15 is 0 Å². The van der Waals surface area contributed by atoms with E-state index in [0.717, 1.165) is 6.07 Å².